The summed E-state index contributed by atoms with van der Waals surface area (Å²) in [7, 11) is 0. The fraction of sp³-hybridized carbons (Fsp3) is 0.269. The van der Waals surface area contributed by atoms with E-state index < -0.39 is 0 Å². The average Bonchev–Trinajstić information content (AvgIpc) is 3.08. The third kappa shape index (κ3) is 3.47. The molecule has 2 aliphatic rings. The van der Waals surface area contributed by atoms with Gasteiger partial charge in [-0.15, -0.1) is 0 Å². The molecule has 0 aromatic heterocycles. The van der Waals surface area contributed by atoms with Crippen LogP contribution in [0.4, 0.5) is 5.69 Å². The van der Waals surface area contributed by atoms with Crippen LogP contribution < -0.4 is 5.32 Å². The summed E-state index contributed by atoms with van der Waals surface area (Å²) < 4.78 is 0. The summed E-state index contributed by atoms with van der Waals surface area (Å²) in [5.41, 5.74) is 5.54. The van der Waals surface area contributed by atoms with Crippen LogP contribution in [0.3, 0.4) is 0 Å². The predicted molar refractivity (Wildman–Crippen MR) is 120 cm³/mol. The van der Waals surface area contributed by atoms with Crippen molar-refractivity contribution in [3.63, 3.8) is 0 Å². The minimum absolute atomic E-state index is 0.0184. The molecule has 0 radical (unpaired) electrons. The van der Waals surface area contributed by atoms with E-state index >= 15 is 0 Å². The highest BCUT2D eigenvalue weighted by Gasteiger charge is 2.26. The Bertz CT molecular complexity index is 1110. The largest absolute Gasteiger partial charge is 0.321 e. The first-order valence-corrected chi connectivity index (χ1v) is 10.5. The summed E-state index contributed by atoms with van der Waals surface area (Å²) >= 11 is 0. The number of likely N-dealkylation sites (tertiary alicyclic amines) is 1. The van der Waals surface area contributed by atoms with Gasteiger partial charge in [-0.05, 0) is 72.8 Å². The first kappa shape index (κ1) is 18.1. The van der Waals surface area contributed by atoms with Gasteiger partial charge in [0.05, 0.1) is 0 Å². The van der Waals surface area contributed by atoms with Gasteiger partial charge in [0.25, 0.3) is 5.91 Å². The smallest absolute Gasteiger partial charge is 0.256 e. The highest BCUT2D eigenvalue weighted by molar-refractivity contribution is 6.31. The fourth-order valence-corrected chi connectivity index (χ4v) is 4.77. The van der Waals surface area contributed by atoms with Gasteiger partial charge in [0.15, 0.2) is 0 Å². The van der Waals surface area contributed by atoms with Crippen LogP contribution in [-0.4, -0.2) is 23.9 Å². The van der Waals surface area contributed by atoms with E-state index in [4.69, 9.17) is 0 Å². The number of anilines is 1. The summed E-state index contributed by atoms with van der Waals surface area (Å²) in [6.45, 7) is 5.16. The van der Waals surface area contributed by atoms with E-state index in [1.54, 1.807) is 0 Å². The van der Waals surface area contributed by atoms with E-state index in [1.165, 1.54) is 21.9 Å². The van der Waals surface area contributed by atoms with Gasteiger partial charge in [-0.3, -0.25) is 9.69 Å². The SMILES string of the molecule is CC=C1C(=O)Nc2cc(C3CCN(Cc4ccc5ccccc5c4)CC3)ccc21. The summed E-state index contributed by atoms with van der Waals surface area (Å²) in [6.07, 6.45) is 4.22. The molecule has 0 aliphatic carbocycles. The van der Waals surface area contributed by atoms with E-state index in [2.05, 4.69) is 70.9 Å². The first-order chi connectivity index (χ1) is 14.2. The van der Waals surface area contributed by atoms with Gasteiger partial charge in [-0.2, -0.15) is 0 Å². The number of piperidine rings is 1. The Balaban J connectivity index is 1.25. The van der Waals surface area contributed by atoms with Crippen molar-refractivity contribution in [2.24, 2.45) is 0 Å². The van der Waals surface area contributed by atoms with Crippen LogP contribution in [-0.2, 0) is 11.3 Å². The zero-order valence-corrected chi connectivity index (χ0v) is 16.8. The molecule has 1 fully saturated rings. The molecule has 146 valence electrons. The van der Waals surface area contributed by atoms with Crippen LogP contribution in [0.5, 0.6) is 0 Å². The maximum atomic E-state index is 12.1. The first-order valence-electron chi connectivity index (χ1n) is 10.5. The Hall–Kier alpha value is -2.91. The molecule has 0 unspecified atom stereocenters. The molecule has 0 atom stereocenters. The Morgan fingerprint density at radius 2 is 1.79 bits per heavy atom. The van der Waals surface area contributed by atoms with Gasteiger partial charge in [-0.25, -0.2) is 0 Å². The second kappa shape index (κ2) is 7.49. The third-order valence-corrected chi connectivity index (χ3v) is 6.39. The number of allylic oxidation sites excluding steroid dienone is 1. The van der Waals surface area contributed by atoms with Crippen molar-refractivity contribution >= 4 is 27.9 Å². The Labute approximate surface area is 172 Å². The quantitative estimate of drug-likeness (QED) is 0.600. The molecule has 0 saturated carbocycles. The number of carbonyl (C=O) groups excluding carboxylic acids is 1. The summed E-state index contributed by atoms with van der Waals surface area (Å²) in [5.74, 6) is 0.588. The van der Waals surface area contributed by atoms with Gasteiger partial charge >= 0.3 is 0 Å². The number of hydrogen-bond acceptors (Lipinski definition) is 2. The lowest BCUT2D eigenvalue weighted by Crippen LogP contribution is -2.32. The van der Waals surface area contributed by atoms with Gasteiger partial charge in [-0.1, -0.05) is 54.6 Å². The molecule has 1 amide bonds. The molecule has 3 nitrogen and oxygen atoms in total. The fourth-order valence-electron chi connectivity index (χ4n) is 4.77. The third-order valence-electron chi connectivity index (χ3n) is 6.39. The minimum atomic E-state index is 0.0184. The molecule has 5 rings (SSSR count). The zero-order valence-electron chi connectivity index (χ0n) is 16.8. The van der Waals surface area contributed by atoms with Crippen LogP contribution in [0.2, 0.25) is 0 Å². The second-order valence-electron chi connectivity index (χ2n) is 8.19. The number of amides is 1. The predicted octanol–water partition coefficient (Wildman–Crippen LogP) is 5.57. The summed E-state index contributed by atoms with van der Waals surface area (Å²) in [6, 6.07) is 21.9. The number of hydrogen-bond donors (Lipinski definition) is 1. The Kier molecular flexibility index (Phi) is 4.69. The van der Waals surface area contributed by atoms with Crippen molar-refractivity contribution in [1.82, 2.24) is 4.90 Å². The van der Waals surface area contributed by atoms with E-state index in [0.29, 0.717) is 5.92 Å². The average molecular weight is 383 g/mol. The number of nitrogens with zero attached hydrogens (tertiary/aromatic N) is 1. The van der Waals surface area contributed by atoms with Crippen LogP contribution in [0.15, 0.2) is 66.7 Å². The van der Waals surface area contributed by atoms with Crippen molar-refractivity contribution in [3.05, 3.63) is 83.4 Å². The lowest BCUT2D eigenvalue weighted by atomic mass is 9.88. The van der Waals surface area contributed by atoms with Crippen LogP contribution in [0.25, 0.3) is 16.3 Å². The topological polar surface area (TPSA) is 32.3 Å². The monoisotopic (exact) mass is 382 g/mol. The highest BCUT2D eigenvalue weighted by Crippen LogP contribution is 2.36. The molecule has 1 saturated heterocycles. The molecule has 2 heterocycles. The summed E-state index contributed by atoms with van der Waals surface area (Å²) in [4.78, 5) is 14.6. The van der Waals surface area contributed by atoms with Gasteiger partial charge < -0.3 is 5.32 Å². The number of carbonyl (C=O) groups is 1. The molecule has 1 N–H and O–H groups in total. The lowest BCUT2D eigenvalue weighted by Gasteiger charge is -2.32. The molecule has 29 heavy (non-hydrogen) atoms. The molecular formula is C26H26N2O. The van der Waals surface area contributed by atoms with E-state index in [9.17, 15) is 4.79 Å². The Morgan fingerprint density at radius 3 is 2.59 bits per heavy atom. The molecule has 3 aromatic rings. The van der Waals surface area contributed by atoms with Gasteiger partial charge in [0.2, 0.25) is 0 Å². The van der Waals surface area contributed by atoms with Crippen molar-refractivity contribution in [3.8, 4) is 0 Å². The van der Waals surface area contributed by atoms with E-state index in [-0.39, 0.29) is 5.91 Å². The molecule has 3 heteroatoms. The van der Waals surface area contributed by atoms with Gasteiger partial charge in [0.1, 0.15) is 0 Å². The number of benzene rings is 3. The Morgan fingerprint density at radius 1 is 1.00 bits per heavy atom. The zero-order chi connectivity index (χ0) is 19.8. The maximum absolute atomic E-state index is 12.1. The van der Waals surface area contributed by atoms with Gasteiger partial charge in [0, 0.05) is 23.4 Å². The maximum Gasteiger partial charge on any atom is 0.256 e. The summed E-state index contributed by atoms with van der Waals surface area (Å²) in [5, 5.41) is 5.64. The number of rotatable bonds is 3. The van der Waals surface area contributed by atoms with Crippen molar-refractivity contribution in [1.29, 1.82) is 0 Å². The normalized spacial score (nSPS) is 18.9. The minimum Gasteiger partial charge on any atom is -0.321 e. The van der Waals surface area contributed by atoms with Crippen LogP contribution in [0, 0.1) is 0 Å². The molecular weight excluding hydrogens is 356 g/mol. The number of fused-ring (bicyclic) bond motifs is 2. The van der Waals surface area contributed by atoms with Crippen molar-refractivity contribution in [2.75, 3.05) is 18.4 Å². The van der Waals surface area contributed by atoms with Crippen molar-refractivity contribution < 1.29 is 4.79 Å². The van der Waals surface area contributed by atoms with Crippen molar-refractivity contribution in [2.45, 2.75) is 32.2 Å². The lowest BCUT2D eigenvalue weighted by molar-refractivity contribution is -0.110. The second-order valence-corrected chi connectivity index (χ2v) is 8.19. The highest BCUT2D eigenvalue weighted by atomic mass is 16.2. The van der Waals surface area contributed by atoms with E-state index in [0.717, 1.165) is 49.3 Å². The molecule has 0 bridgehead atoms. The number of nitrogens with one attached hydrogen (secondary N) is 1. The standard InChI is InChI=1S/C26H26N2O/c1-2-23-24-10-9-22(16-25(24)27-26(23)29)20-11-13-28(14-12-20)17-18-7-8-19-5-3-4-6-21(19)15-18/h2-10,15-16,20H,11-14,17H2,1H3,(H,27,29). The molecule has 0 spiro atoms. The van der Waals surface area contributed by atoms with Crippen LogP contribution in [0.1, 0.15) is 42.4 Å². The van der Waals surface area contributed by atoms with Crippen LogP contribution >= 0.6 is 0 Å². The molecule has 2 aliphatic heterocycles. The molecule has 3 aromatic carbocycles. The van der Waals surface area contributed by atoms with E-state index in [1.807, 2.05) is 13.0 Å².